The number of nitrogens with zero attached hydrogens (tertiary/aromatic N) is 1. The lowest BCUT2D eigenvalue weighted by Gasteiger charge is -2.07. The third-order valence-corrected chi connectivity index (χ3v) is 3.41. The number of aromatic nitrogens is 1. The maximum atomic E-state index is 11.5. The van der Waals surface area contributed by atoms with E-state index in [0.717, 1.165) is 35.9 Å². The molecule has 0 aliphatic rings. The van der Waals surface area contributed by atoms with Gasteiger partial charge in [-0.25, -0.2) is 4.79 Å². The number of aryl methyl sites for hydroxylation is 3. The number of benzene rings is 1. The van der Waals surface area contributed by atoms with Crippen LogP contribution in [0.1, 0.15) is 34.8 Å². The summed E-state index contributed by atoms with van der Waals surface area (Å²) in [6.07, 6.45) is 3.81. The molecule has 0 bridgehead atoms. The normalized spacial score (nSPS) is 11.1. The highest BCUT2D eigenvalue weighted by molar-refractivity contribution is 6.03. The van der Waals surface area contributed by atoms with Crippen LogP contribution in [-0.2, 0) is 13.0 Å². The largest absolute Gasteiger partial charge is 0.478 e. The molecule has 0 aliphatic carbocycles. The van der Waals surface area contributed by atoms with Crippen molar-refractivity contribution in [3.8, 4) is 0 Å². The van der Waals surface area contributed by atoms with Crippen LogP contribution >= 0.6 is 0 Å². The van der Waals surface area contributed by atoms with Crippen molar-refractivity contribution in [2.45, 2.75) is 33.2 Å². The van der Waals surface area contributed by atoms with Gasteiger partial charge in [-0.05, 0) is 49.6 Å². The second-order valence-electron chi connectivity index (χ2n) is 4.86. The molecule has 19 heavy (non-hydrogen) atoms. The average molecular weight is 260 g/mol. The monoisotopic (exact) mass is 260 g/mol. The van der Waals surface area contributed by atoms with E-state index in [0.29, 0.717) is 12.1 Å². The van der Waals surface area contributed by atoms with Crippen molar-refractivity contribution in [3.63, 3.8) is 0 Å². The quantitative estimate of drug-likeness (QED) is 0.868. The Bertz CT molecular complexity index is 614. The predicted octanol–water partition coefficient (Wildman–Crippen LogP) is 2.56. The average Bonchev–Trinajstić information content (AvgIpc) is 2.73. The van der Waals surface area contributed by atoms with E-state index in [1.165, 1.54) is 5.56 Å². The summed E-state index contributed by atoms with van der Waals surface area (Å²) < 4.78 is 2.03. The third kappa shape index (κ3) is 2.49. The minimum atomic E-state index is -0.872. The summed E-state index contributed by atoms with van der Waals surface area (Å²) in [5.41, 5.74) is 8.93. The molecule has 102 valence electrons. The van der Waals surface area contributed by atoms with Crippen LogP contribution in [-0.4, -0.2) is 22.2 Å². The van der Waals surface area contributed by atoms with Crippen LogP contribution in [0.15, 0.2) is 18.3 Å². The first-order valence-corrected chi connectivity index (χ1v) is 6.64. The molecule has 0 saturated carbocycles. The molecule has 4 nitrogen and oxygen atoms in total. The van der Waals surface area contributed by atoms with Crippen molar-refractivity contribution in [3.05, 3.63) is 35.0 Å². The van der Waals surface area contributed by atoms with Crippen molar-refractivity contribution in [1.82, 2.24) is 4.57 Å². The highest BCUT2D eigenvalue weighted by atomic mass is 16.4. The van der Waals surface area contributed by atoms with Gasteiger partial charge in [0.25, 0.3) is 0 Å². The van der Waals surface area contributed by atoms with Crippen LogP contribution in [0.25, 0.3) is 10.9 Å². The highest BCUT2D eigenvalue weighted by Gasteiger charge is 2.16. The molecular formula is C15H20N2O2. The number of nitrogens with two attached hydrogens (primary N) is 1. The topological polar surface area (TPSA) is 68.2 Å². The first-order chi connectivity index (χ1) is 9.08. The Morgan fingerprint density at radius 3 is 2.74 bits per heavy atom. The number of hydrogen-bond acceptors (Lipinski definition) is 2. The molecule has 0 radical (unpaired) electrons. The standard InChI is InChI=1S/C15H20N2O2/c1-3-11-9-17(6-4-5-16)14-12(11)7-10(2)8-13(14)15(18)19/h7-9H,3-6,16H2,1-2H3,(H,18,19). The van der Waals surface area contributed by atoms with Crippen molar-refractivity contribution in [2.24, 2.45) is 5.73 Å². The van der Waals surface area contributed by atoms with E-state index in [2.05, 4.69) is 19.2 Å². The van der Waals surface area contributed by atoms with E-state index in [4.69, 9.17) is 5.73 Å². The Balaban J connectivity index is 2.71. The number of aromatic carboxylic acids is 1. The molecule has 1 aromatic heterocycles. The molecule has 1 heterocycles. The van der Waals surface area contributed by atoms with Gasteiger partial charge in [-0.15, -0.1) is 0 Å². The summed E-state index contributed by atoms with van der Waals surface area (Å²) in [6.45, 7) is 5.39. The minimum absolute atomic E-state index is 0.381. The Morgan fingerprint density at radius 2 is 2.16 bits per heavy atom. The fraction of sp³-hybridized carbons (Fsp3) is 0.400. The summed E-state index contributed by atoms with van der Waals surface area (Å²) in [6, 6.07) is 3.81. The van der Waals surface area contributed by atoms with E-state index >= 15 is 0 Å². The van der Waals surface area contributed by atoms with Gasteiger partial charge in [0.1, 0.15) is 0 Å². The lowest BCUT2D eigenvalue weighted by atomic mass is 10.0. The summed E-state index contributed by atoms with van der Waals surface area (Å²) in [7, 11) is 0. The molecule has 0 saturated heterocycles. The van der Waals surface area contributed by atoms with Crippen LogP contribution < -0.4 is 5.73 Å². The number of carboxylic acids is 1. The van der Waals surface area contributed by atoms with E-state index in [1.807, 2.05) is 11.5 Å². The first-order valence-electron chi connectivity index (χ1n) is 6.64. The molecule has 0 unspecified atom stereocenters. The fourth-order valence-electron chi connectivity index (χ4n) is 2.54. The number of rotatable bonds is 5. The zero-order valence-corrected chi connectivity index (χ0v) is 11.4. The van der Waals surface area contributed by atoms with Gasteiger partial charge in [0.15, 0.2) is 0 Å². The number of fused-ring (bicyclic) bond motifs is 1. The van der Waals surface area contributed by atoms with Crippen molar-refractivity contribution in [2.75, 3.05) is 6.54 Å². The number of hydrogen-bond donors (Lipinski definition) is 2. The van der Waals surface area contributed by atoms with Gasteiger partial charge >= 0.3 is 5.97 Å². The molecular weight excluding hydrogens is 240 g/mol. The maximum Gasteiger partial charge on any atom is 0.337 e. The van der Waals surface area contributed by atoms with Gasteiger partial charge in [0, 0.05) is 18.1 Å². The Labute approximate surface area is 112 Å². The zero-order valence-electron chi connectivity index (χ0n) is 11.4. The van der Waals surface area contributed by atoms with E-state index in [-0.39, 0.29) is 0 Å². The minimum Gasteiger partial charge on any atom is -0.478 e. The van der Waals surface area contributed by atoms with Gasteiger partial charge in [0.2, 0.25) is 0 Å². The van der Waals surface area contributed by atoms with Gasteiger partial charge < -0.3 is 15.4 Å². The Morgan fingerprint density at radius 1 is 1.42 bits per heavy atom. The molecule has 2 aromatic rings. The number of carboxylic acid groups (broad SMARTS) is 1. The highest BCUT2D eigenvalue weighted by Crippen LogP contribution is 2.27. The molecule has 2 rings (SSSR count). The lowest BCUT2D eigenvalue weighted by molar-refractivity contribution is 0.0698. The second kappa shape index (κ2) is 5.45. The van der Waals surface area contributed by atoms with E-state index in [1.54, 1.807) is 6.07 Å². The first kappa shape index (κ1) is 13.6. The van der Waals surface area contributed by atoms with Gasteiger partial charge in [0.05, 0.1) is 11.1 Å². The van der Waals surface area contributed by atoms with Gasteiger partial charge in [-0.1, -0.05) is 6.92 Å². The van der Waals surface area contributed by atoms with Crippen molar-refractivity contribution in [1.29, 1.82) is 0 Å². The lowest BCUT2D eigenvalue weighted by Crippen LogP contribution is -2.07. The van der Waals surface area contributed by atoms with Gasteiger partial charge in [-0.2, -0.15) is 0 Å². The van der Waals surface area contributed by atoms with Crippen LogP contribution in [0, 0.1) is 6.92 Å². The van der Waals surface area contributed by atoms with Gasteiger partial charge in [-0.3, -0.25) is 0 Å². The summed E-state index contributed by atoms with van der Waals surface area (Å²) in [5.74, 6) is -0.872. The molecule has 0 atom stereocenters. The number of carbonyl (C=O) groups is 1. The smallest absolute Gasteiger partial charge is 0.337 e. The molecule has 0 amide bonds. The molecule has 0 fully saturated rings. The molecule has 0 spiro atoms. The fourth-order valence-corrected chi connectivity index (χ4v) is 2.54. The summed E-state index contributed by atoms with van der Waals surface area (Å²) in [5, 5.41) is 10.5. The summed E-state index contributed by atoms with van der Waals surface area (Å²) in [4.78, 5) is 11.5. The predicted molar refractivity (Wildman–Crippen MR) is 76.7 cm³/mol. The van der Waals surface area contributed by atoms with Crippen LogP contribution in [0.4, 0.5) is 0 Å². The Kier molecular flexibility index (Phi) is 3.90. The van der Waals surface area contributed by atoms with E-state index in [9.17, 15) is 9.90 Å². The second-order valence-corrected chi connectivity index (χ2v) is 4.86. The zero-order chi connectivity index (χ0) is 14.0. The maximum absolute atomic E-state index is 11.5. The Hall–Kier alpha value is -1.81. The molecule has 4 heteroatoms. The molecule has 1 aromatic carbocycles. The SMILES string of the molecule is CCc1cn(CCCN)c2c(C(=O)O)cc(C)cc12. The van der Waals surface area contributed by atoms with Crippen LogP contribution in [0.2, 0.25) is 0 Å². The summed E-state index contributed by atoms with van der Waals surface area (Å²) >= 11 is 0. The van der Waals surface area contributed by atoms with E-state index < -0.39 is 5.97 Å². The van der Waals surface area contributed by atoms with Crippen LogP contribution in [0.3, 0.4) is 0 Å². The van der Waals surface area contributed by atoms with Crippen LogP contribution in [0.5, 0.6) is 0 Å². The third-order valence-electron chi connectivity index (χ3n) is 3.41. The molecule has 0 aliphatic heterocycles. The van der Waals surface area contributed by atoms with Crippen molar-refractivity contribution >= 4 is 16.9 Å². The van der Waals surface area contributed by atoms with Crippen molar-refractivity contribution < 1.29 is 9.90 Å². The molecule has 3 N–H and O–H groups in total.